The van der Waals surface area contributed by atoms with E-state index in [-0.39, 0.29) is 30.8 Å². The summed E-state index contributed by atoms with van der Waals surface area (Å²) in [4.78, 5) is 22.1. The Hall–Kier alpha value is -1.10. The first-order valence-corrected chi connectivity index (χ1v) is 4.85. The number of amides is 2. The van der Waals surface area contributed by atoms with Gasteiger partial charge in [0.2, 0.25) is 11.8 Å². The zero-order valence-electron chi connectivity index (χ0n) is 8.80. The Bertz CT molecular complexity index is 192. The lowest BCUT2D eigenvalue weighted by Gasteiger charge is -2.07. The molecule has 0 saturated carbocycles. The van der Waals surface area contributed by atoms with Crippen molar-refractivity contribution in [1.82, 2.24) is 10.6 Å². The molecule has 5 heteroatoms. The highest BCUT2D eigenvalue weighted by molar-refractivity contribution is 5.84. The van der Waals surface area contributed by atoms with Crippen molar-refractivity contribution in [3.63, 3.8) is 0 Å². The van der Waals surface area contributed by atoms with Crippen LogP contribution in [-0.2, 0) is 9.59 Å². The lowest BCUT2D eigenvalue weighted by atomic mass is 10.2. The zero-order valence-corrected chi connectivity index (χ0v) is 8.80. The molecule has 14 heavy (non-hydrogen) atoms. The van der Waals surface area contributed by atoms with Gasteiger partial charge < -0.3 is 16.4 Å². The normalized spacial score (nSPS) is 11.9. The third-order valence-corrected chi connectivity index (χ3v) is 1.53. The Labute approximate surface area is 84.4 Å². The summed E-state index contributed by atoms with van der Waals surface area (Å²) < 4.78 is 0. The number of rotatable bonds is 6. The minimum absolute atomic E-state index is 0.0333. The molecule has 0 aromatic heterocycles. The summed E-state index contributed by atoms with van der Waals surface area (Å²) in [6.45, 7) is 4.39. The highest BCUT2D eigenvalue weighted by Gasteiger charge is 2.06. The Morgan fingerprint density at radius 3 is 2.43 bits per heavy atom. The van der Waals surface area contributed by atoms with Gasteiger partial charge in [-0.15, -0.1) is 0 Å². The van der Waals surface area contributed by atoms with Crippen LogP contribution in [0.5, 0.6) is 0 Å². The number of nitrogens with two attached hydrogens (primary N) is 1. The third-order valence-electron chi connectivity index (χ3n) is 1.53. The van der Waals surface area contributed by atoms with Crippen LogP contribution in [0.3, 0.4) is 0 Å². The maximum atomic E-state index is 11.1. The molecule has 0 aromatic rings. The Balaban J connectivity index is 3.51. The van der Waals surface area contributed by atoms with Crippen molar-refractivity contribution >= 4 is 11.8 Å². The highest BCUT2D eigenvalue weighted by Crippen LogP contribution is 1.84. The summed E-state index contributed by atoms with van der Waals surface area (Å²) in [5, 5.41) is 5.15. The van der Waals surface area contributed by atoms with E-state index >= 15 is 0 Å². The van der Waals surface area contributed by atoms with Crippen molar-refractivity contribution in [2.45, 2.75) is 32.7 Å². The molecule has 0 saturated heterocycles. The second kappa shape index (κ2) is 7.32. The smallest absolute Gasteiger partial charge is 0.239 e. The van der Waals surface area contributed by atoms with Crippen molar-refractivity contribution in [1.29, 1.82) is 0 Å². The standard InChI is InChI=1S/C9H19N3O2/c1-3-4-11-9(14)6-12-8(13)5-7(2)10/h7H,3-6,10H2,1-2H3,(H,11,14)(H,12,13). The molecule has 1 unspecified atom stereocenters. The second-order valence-electron chi connectivity index (χ2n) is 3.31. The van der Waals surface area contributed by atoms with Crippen molar-refractivity contribution in [2.24, 2.45) is 5.73 Å². The lowest BCUT2D eigenvalue weighted by Crippen LogP contribution is -2.38. The predicted molar refractivity (Wildman–Crippen MR) is 54.6 cm³/mol. The van der Waals surface area contributed by atoms with E-state index < -0.39 is 0 Å². The van der Waals surface area contributed by atoms with Gasteiger partial charge in [-0.25, -0.2) is 0 Å². The average Bonchev–Trinajstić information content (AvgIpc) is 2.10. The van der Waals surface area contributed by atoms with Crippen LogP contribution in [0.15, 0.2) is 0 Å². The molecule has 5 nitrogen and oxygen atoms in total. The van der Waals surface area contributed by atoms with Gasteiger partial charge >= 0.3 is 0 Å². The molecule has 1 atom stereocenters. The number of carbonyl (C=O) groups is 2. The van der Waals surface area contributed by atoms with E-state index in [4.69, 9.17) is 5.73 Å². The van der Waals surface area contributed by atoms with Gasteiger partial charge in [0.05, 0.1) is 6.54 Å². The largest absolute Gasteiger partial charge is 0.355 e. The van der Waals surface area contributed by atoms with Gasteiger partial charge in [-0.05, 0) is 13.3 Å². The molecule has 0 aromatic carbocycles. The first-order valence-electron chi connectivity index (χ1n) is 4.85. The summed E-state index contributed by atoms with van der Waals surface area (Å²) in [5.74, 6) is -0.350. The molecule has 0 aliphatic heterocycles. The van der Waals surface area contributed by atoms with Crippen LogP contribution in [0.4, 0.5) is 0 Å². The van der Waals surface area contributed by atoms with Crippen LogP contribution in [0.25, 0.3) is 0 Å². The molecule has 0 aliphatic rings. The molecule has 0 radical (unpaired) electrons. The molecule has 0 rings (SSSR count). The van der Waals surface area contributed by atoms with E-state index in [1.807, 2.05) is 6.92 Å². The summed E-state index contributed by atoms with van der Waals surface area (Å²) in [5.41, 5.74) is 5.42. The van der Waals surface area contributed by atoms with Crippen LogP contribution < -0.4 is 16.4 Å². The van der Waals surface area contributed by atoms with Gasteiger partial charge in [0.25, 0.3) is 0 Å². The fourth-order valence-electron chi connectivity index (χ4n) is 0.870. The molecule has 4 N–H and O–H groups in total. The summed E-state index contributed by atoms with van der Waals surface area (Å²) >= 11 is 0. The van der Waals surface area contributed by atoms with Crippen molar-refractivity contribution in [2.75, 3.05) is 13.1 Å². The van der Waals surface area contributed by atoms with Gasteiger partial charge in [0.1, 0.15) is 0 Å². The number of hydrogen-bond donors (Lipinski definition) is 3. The second-order valence-corrected chi connectivity index (χ2v) is 3.31. The van der Waals surface area contributed by atoms with Gasteiger partial charge in [-0.2, -0.15) is 0 Å². The highest BCUT2D eigenvalue weighted by atomic mass is 16.2. The Morgan fingerprint density at radius 2 is 1.93 bits per heavy atom. The number of carbonyl (C=O) groups excluding carboxylic acids is 2. The molecule has 0 fully saturated rings. The van der Waals surface area contributed by atoms with Gasteiger partial charge in [-0.3, -0.25) is 9.59 Å². The average molecular weight is 201 g/mol. The molecule has 2 amide bonds. The van der Waals surface area contributed by atoms with Crippen LogP contribution in [0, 0.1) is 0 Å². The summed E-state index contributed by atoms with van der Waals surface area (Å²) in [6, 6.07) is -0.172. The van der Waals surface area contributed by atoms with E-state index in [2.05, 4.69) is 10.6 Å². The lowest BCUT2D eigenvalue weighted by molar-refractivity contribution is -0.126. The maximum Gasteiger partial charge on any atom is 0.239 e. The SMILES string of the molecule is CCCNC(=O)CNC(=O)CC(C)N. The minimum Gasteiger partial charge on any atom is -0.355 e. The van der Waals surface area contributed by atoms with Gasteiger partial charge in [-0.1, -0.05) is 6.92 Å². The van der Waals surface area contributed by atoms with Crippen LogP contribution in [-0.4, -0.2) is 30.9 Å². The first-order chi connectivity index (χ1) is 6.56. The maximum absolute atomic E-state index is 11.1. The number of hydrogen-bond acceptors (Lipinski definition) is 3. The minimum atomic E-state index is -0.188. The molecule has 0 bridgehead atoms. The van der Waals surface area contributed by atoms with Gasteiger partial charge in [0, 0.05) is 19.0 Å². The van der Waals surface area contributed by atoms with Gasteiger partial charge in [0.15, 0.2) is 0 Å². The quantitative estimate of drug-likeness (QED) is 0.535. The van der Waals surface area contributed by atoms with Crippen LogP contribution >= 0.6 is 0 Å². The van der Waals surface area contributed by atoms with E-state index in [0.29, 0.717) is 6.54 Å². The fraction of sp³-hybridized carbons (Fsp3) is 0.778. The summed E-state index contributed by atoms with van der Waals surface area (Å²) in [6.07, 6.45) is 1.14. The van der Waals surface area contributed by atoms with E-state index in [1.54, 1.807) is 6.92 Å². The Kier molecular flexibility index (Phi) is 6.74. The molecular weight excluding hydrogens is 182 g/mol. The third kappa shape index (κ3) is 7.54. The fourth-order valence-corrected chi connectivity index (χ4v) is 0.870. The van der Waals surface area contributed by atoms with E-state index in [0.717, 1.165) is 6.42 Å². The molecule has 82 valence electrons. The monoisotopic (exact) mass is 201 g/mol. The molecule has 0 spiro atoms. The molecule has 0 heterocycles. The first kappa shape index (κ1) is 12.9. The van der Waals surface area contributed by atoms with E-state index in [1.165, 1.54) is 0 Å². The zero-order chi connectivity index (χ0) is 11.0. The Morgan fingerprint density at radius 1 is 1.29 bits per heavy atom. The van der Waals surface area contributed by atoms with Crippen molar-refractivity contribution in [3.8, 4) is 0 Å². The van der Waals surface area contributed by atoms with Crippen molar-refractivity contribution in [3.05, 3.63) is 0 Å². The molecular formula is C9H19N3O2. The van der Waals surface area contributed by atoms with Crippen LogP contribution in [0.1, 0.15) is 26.7 Å². The predicted octanol–water partition coefficient (Wildman–Crippen LogP) is -0.634. The molecule has 0 aliphatic carbocycles. The van der Waals surface area contributed by atoms with Crippen LogP contribution in [0.2, 0.25) is 0 Å². The number of nitrogens with one attached hydrogen (secondary N) is 2. The topological polar surface area (TPSA) is 84.2 Å². The summed E-state index contributed by atoms with van der Waals surface area (Å²) in [7, 11) is 0. The van der Waals surface area contributed by atoms with E-state index in [9.17, 15) is 9.59 Å². The van der Waals surface area contributed by atoms with Crippen molar-refractivity contribution < 1.29 is 9.59 Å².